The summed E-state index contributed by atoms with van der Waals surface area (Å²) < 4.78 is 0. The lowest BCUT2D eigenvalue weighted by Gasteiger charge is -2.37. The molecule has 2 aliphatic heterocycles. The molecule has 1 aromatic rings. The summed E-state index contributed by atoms with van der Waals surface area (Å²) in [5.74, 6) is -0.0622. The third-order valence-electron chi connectivity index (χ3n) is 5.35. The first-order valence-electron chi connectivity index (χ1n) is 8.92. The van der Waals surface area contributed by atoms with E-state index in [1.165, 1.54) is 0 Å². The highest BCUT2D eigenvalue weighted by molar-refractivity contribution is 5.99. The van der Waals surface area contributed by atoms with E-state index in [0.29, 0.717) is 18.2 Å². The van der Waals surface area contributed by atoms with Gasteiger partial charge in [0.15, 0.2) is 0 Å². The Morgan fingerprint density at radius 2 is 2.00 bits per heavy atom. The summed E-state index contributed by atoms with van der Waals surface area (Å²) in [4.78, 5) is 27.6. The molecule has 0 radical (unpaired) electrons. The van der Waals surface area contributed by atoms with Crippen molar-refractivity contribution in [1.29, 1.82) is 0 Å². The monoisotopic (exact) mass is 365 g/mol. The van der Waals surface area contributed by atoms with Crippen LogP contribution in [-0.4, -0.2) is 47.4 Å². The van der Waals surface area contributed by atoms with Crippen molar-refractivity contribution in [2.45, 2.75) is 57.2 Å². The summed E-state index contributed by atoms with van der Waals surface area (Å²) in [5, 5.41) is 6.59. The lowest BCUT2D eigenvalue weighted by Crippen LogP contribution is -2.58. The second kappa shape index (κ2) is 8.19. The number of hydrogen-bond acceptors (Lipinski definition) is 3. The maximum absolute atomic E-state index is 13.0. The van der Waals surface area contributed by atoms with Crippen LogP contribution in [0.1, 0.15) is 49.9 Å². The number of nitrogens with one attached hydrogen (secondary N) is 2. The average Bonchev–Trinajstić information content (AvgIpc) is 2.98. The number of piperidine rings is 1. The Bertz CT molecular complexity index is 610. The van der Waals surface area contributed by atoms with Crippen LogP contribution in [0.5, 0.6) is 0 Å². The van der Waals surface area contributed by atoms with Crippen LogP contribution < -0.4 is 10.6 Å². The lowest BCUT2D eigenvalue weighted by molar-refractivity contribution is -0.130. The normalized spacial score (nSPS) is 29.0. The minimum absolute atomic E-state index is 0. The van der Waals surface area contributed by atoms with E-state index in [9.17, 15) is 9.59 Å². The lowest BCUT2D eigenvalue weighted by atomic mass is 9.94. The number of benzene rings is 1. The molecule has 0 bridgehead atoms. The second-order valence-corrected chi connectivity index (χ2v) is 7.25. The number of rotatable bonds is 3. The standard InChI is InChI=1S/C19H27N3O2.ClH/c1-14-13-16(9-11-20-14)21-18(24)19(2)10-6-12-22(19)17(23)15-7-4-3-5-8-15;/h3-5,7-8,14,16,20H,6,9-13H2,1-2H3,(H,21,24);1H. The average molecular weight is 366 g/mol. The molecule has 5 nitrogen and oxygen atoms in total. The fourth-order valence-electron chi connectivity index (χ4n) is 3.87. The number of carbonyl (C=O) groups is 2. The number of nitrogens with zero attached hydrogens (tertiary/aromatic N) is 1. The van der Waals surface area contributed by atoms with Crippen molar-refractivity contribution in [3.63, 3.8) is 0 Å². The molecule has 2 fully saturated rings. The first kappa shape index (κ1) is 19.7. The van der Waals surface area contributed by atoms with Crippen LogP contribution in [0.4, 0.5) is 0 Å². The van der Waals surface area contributed by atoms with E-state index < -0.39 is 5.54 Å². The molecule has 138 valence electrons. The van der Waals surface area contributed by atoms with Crippen molar-refractivity contribution in [2.75, 3.05) is 13.1 Å². The van der Waals surface area contributed by atoms with E-state index in [4.69, 9.17) is 0 Å². The Morgan fingerprint density at radius 3 is 2.68 bits per heavy atom. The molecule has 0 saturated carbocycles. The maximum atomic E-state index is 13.0. The highest BCUT2D eigenvalue weighted by atomic mass is 35.5. The van der Waals surface area contributed by atoms with E-state index in [1.807, 2.05) is 37.3 Å². The molecule has 3 rings (SSSR count). The molecule has 2 N–H and O–H groups in total. The number of amides is 2. The number of halogens is 1. The van der Waals surface area contributed by atoms with Gasteiger partial charge in [0, 0.05) is 24.2 Å². The van der Waals surface area contributed by atoms with Crippen LogP contribution in [0.15, 0.2) is 30.3 Å². The van der Waals surface area contributed by atoms with E-state index in [0.717, 1.165) is 32.2 Å². The van der Waals surface area contributed by atoms with Gasteiger partial charge < -0.3 is 15.5 Å². The highest BCUT2D eigenvalue weighted by Crippen LogP contribution is 2.31. The van der Waals surface area contributed by atoms with Gasteiger partial charge in [-0.05, 0) is 58.2 Å². The molecule has 2 heterocycles. The van der Waals surface area contributed by atoms with E-state index in [2.05, 4.69) is 17.6 Å². The molecule has 2 aliphatic rings. The van der Waals surface area contributed by atoms with Gasteiger partial charge in [0.25, 0.3) is 5.91 Å². The van der Waals surface area contributed by atoms with Crippen molar-refractivity contribution in [1.82, 2.24) is 15.5 Å². The summed E-state index contributed by atoms with van der Waals surface area (Å²) in [6.07, 6.45) is 3.47. The smallest absolute Gasteiger partial charge is 0.254 e. The summed E-state index contributed by atoms with van der Waals surface area (Å²) >= 11 is 0. The molecule has 3 atom stereocenters. The third kappa shape index (κ3) is 4.15. The summed E-state index contributed by atoms with van der Waals surface area (Å²) in [6.45, 7) is 5.61. The summed E-state index contributed by atoms with van der Waals surface area (Å²) in [7, 11) is 0. The van der Waals surface area contributed by atoms with Gasteiger partial charge in [-0.15, -0.1) is 12.4 Å². The summed E-state index contributed by atoms with van der Waals surface area (Å²) in [6, 6.07) is 9.85. The molecule has 3 unspecified atom stereocenters. The first-order chi connectivity index (χ1) is 11.5. The Hall–Kier alpha value is -1.59. The molecule has 0 spiro atoms. The van der Waals surface area contributed by atoms with Gasteiger partial charge in [-0.2, -0.15) is 0 Å². The molecule has 0 aliphatic carbocycles. The van der Waals surface area contributed by atoms with Gasteiger partial charge in [-0.25, -0.2) is 0 Å². The van der Waals surface area contributed by atoms with Gasteiger partial charge in [-0.3, -0.25) is 9.59 Å². The van der Waals surface area contributed by atoms with Gasteiger partial charge in [-0.1, -0.05) is 18.2 Å². The minimum Gasteiger partial charge on any atom is -0.351 e. The maximum Gasteiger partial charge on any atom is 0.254 e. The Morgan fingerprint density at radius 1 is 1.28 bits per heavy atom. The number of likely N-dealkylation sites (tertiary alicyclic amines) is 1. The van der Waals surface area contributed by atoms with E-state index in [-0.39, 0.29) is 30.3 Å². The SMILES string of the molecule is CC1CC(NC(=O)C2(C)CCCN2C(=O)c2ccccc2)CCN1.Cl. The Kier molecular flexibility index (Phi) is 6.47. The quantitative estimate of drug-likeness (QED) is 0.864. The zero-order chi connectivity index (χ0) is 17.2. The molecular formula is C19H28ClN3O2. The molecule has 2 saturated heterocycles. The van der Waals surface area contributed by atoms with Crippen molar-refractivity contribution in [3.05, 3.63) is 35.9 Å². The third-order valence-corrected chi connectivity index (χ3v) is 5.35. The zero-order valence-electron chi connectivity index (χ0n) is 15.0. The minimum atomic E-state index is -0.749. The fraction of sp³-hybridized carbons (Fsp3) is 0.579. The van der Waals surface area contributed by atoms with Crippen LogP contribution in [0.25, 0.3) is 0 Å². The Labute approximate surface area is 155 Å². The van der Waals surface area contributed by atoms with Crippen molar-refractivity contribution in [2.24, 2.45) is 0 Å². The predicted molar refractivity (Wildman–Crippen MR) is 101 cm³/mol. The van der Waals surface area contributed by atoms with Crippen LogP contribution in [0.3, 0.4) is 0 Å². The topological polar surface area (TPSA) is 61.4 Å². The predicted octanol–water partition coefficient (Wildman–Crippen LogP) is 2.36. The molecule has 6 heteroatoms. The number of carbonyl (C=O) groups excluding carboxylic acids is 2. The fourth-order valence-corrected chi connectivity index (χ4v) is 3.87. The largest absolute Gasteiger partial charge is 0.351 e. The van der Waals surface area contributed by atoms with Crippen LogP contribution in [0.2, 0.25) is 0 Å². The van der Waals surface area contributed by atoms with E-state index in [1.54, 1.807) is 4.90 Å². The first-order valence-corrected chi connectivity index (χ1v) is 8.92. The van der Waals surface area contributed by atoms with Crippen molar-refractivity contribution < 1.29 is 9.59 Å². The number of hydrogen-bond donors (Lipinski definition) is 2. The molecule has 25 heavy (non-hydrogen) atoms. The second-order valence-electron chi connectivity index (χ2n) is 7.25. The molecule has 0 aromatic heterocycles. The van der Waals surface area contributed by atoms with Gasteiger partial charge >= 0.3 is 0 Å². The summed E-state index contributed by atoms with van der Waals surface area (Å²) in [5.41, 5.74) is -0.102. The molecule has 1 aromatic carbocycles. The van der Waals surface area contributed by atoms with Crippen molar-refractivity contribution in [3.8, 4) is 0 Å². The van der Waals surface area contributed by atoms with Crippen molar-refractivity contribution >= 4 is 24.2 Å². The molecule has 2 amide bonds. The van der Waals surface area contributed by atoms with Gasteiger partial charge in [0.1, 0.15) is 5.54 Å². The van der Waals surface area contributed by atoms with E-state index >= 15 is 0 Å². The highest BCUT2D eigenvalue weighted by Gasteiger charge is 2.46. The zero-order valence-corrected chi connectivity index (χ0v) is 15.8. The van der Waals surface area contributed by atoms with Crippen LogP contribution in [-0.2, 0) is 4.79 Å². The van der Waals surface area contributed by atoms with Gasteiger partial charge in [0.05, 0.1) is 0 Å². The Balaban J connectivity index is 0.00000225. The van der Waals surface area contributed by atoms with Crippen LogP contribution >= 0.6 is 12.4 Å². The van der Waals surface area contributed by atoms with Crippen LogP contribution in [0, 0.1) is 0 Å². The van der Waals surface area contributed by atoms with Gasteiger partial charge in [0.2, 0.25) is 5.91 Å². The molecular weight excluding hydrogens is 338 g/mol.